The summed E-state index contributed by atoms with van der Waals surface area (Å²) in [5.74, 6) is 0. The second-order valence-electron chi connectivity index (χ2n) is 2.09. The molecular formula is C8H17CeCl2-. The van der Waals surface area contributed by atoms with E-state index >= 15 is 0 Å². The Labute approximate surface area is 117 Å². The summed E-state index contributed by atoms with van der Waals surface area (Å²) in [5, 5.41) is 0. The molecule has 0 radical (unpaired) electrons. The van der Waals surface area contributed by atoms with E-state index in [2.05, 4.69) is 6.92 Å². The van der Waals surface area contributed by atoms with Crippen molar-refractivity contribution in [2.24, 2.45) is 0 Å². The smallest absolute Gasteiger partial charge is 0 e. The first-order chi connectivity index (χ1) is 3.91. The molecular weight excluding hydrogens is 307 g/mol. The molecule has 0 nitrogen and oxygen atoms in total. The molecule has 0 aromatic rings. The molecule has 0 spiro atoms. The van der Waals surface area contributed by atoms with Gasteiger partial charge in [0.2, 0.25) is 0 Å². The van der Waals surface area contributed by atoms with Crippen LogP contribution in [-0.4, -0.2) is 0 Å². The van der Waals surface area contributed by atoms with E-state index < -0.39 is 0 Å². The van der Waals surface area contributed by atoms with E-state index in [0.717, 1.165) is 6.42 Å². The minimum atomic E-state index is 0. The maximum atomic E-state index is 5.19. The van der Waals surface area contributed by atoms with Crippen molar-refractivity contribution in [3.05, 3.63) is 12.7 Å². The minimum Gasteiger partial charge on any atom is -0.518 e. The monoisotopic (exact) mass is 323 g/mol. The Balaban J connectivity index is -0.0000000817. The Kier molecular flexibility index (Phi) is 47.2. The summed E-state index contributed by atoms with van der Waals surface area (Å²) in [5.41, 5.74) is 0. The van der Waals surface area contributed by atoms with Crippen molar-refractivity contribution in [2.45, 2.75) is 39.0 Å². The van der Waals surface area contributed by atoms with Crippen molar-refractivity contribution >= 4 is 24.8 Å². The first-order valence-electron chi connectivity index (χ1n) is 3.45. The van der Waals surface area contributed by atoms with Gasteiger partial charge in [-0.2, -0.15) is 0 Å². The van der Waals surface area contributed by atoms with Gasteiger partial charge in [0.25, 0.3) is 0 Å². The first-order valence-corrected chi connectivity index (χ1v) is 3.45. The van der Waals surface area contributed by atoms with Crippen LogP contribution in [0.5, 0.6) is 0 Å². The fourth-order valence-corrected chi connectivity index (χ4v) is 0.689. The average Bonchev–Trinajstić information content (AvgIpc) is 1.81. The number of hydrogen-bond donors (Lipinski definition) is 0. The number of unbranched alkanes of at least 4 members (excludes halogenated alkanes) is 4. The molecule has 0 unspecified atom stereocenters. The van der Waals surface area contributed by atoms with Crippen LogP contribution in [0.25, 0.3) is 0 Å². The molecule has 3 heteroatoms. The van der Waals surface area contributed by atoms with Crippen LogP contribution in [0.2, 0.25) is 0 Å². The molecule has 0 aromatic carbocycles. The molecule has 0 fully saturated rings. The Hall–Kier alpha value is 1.70. The van der Waals surface area contributed by atoms with E-state index in [4.69, 9.17) is 6.58 Å². The van der Waals surface area contributed by atoms with Crippen LogP contribution >= 0.6 is 24.8 Å². The predicted molar refractivity (Wildman–Crippen MR) is 52.1 cm³/mol. The van der Waals surface area contributed by atoms with Gasteiger partial charge in [0.15, 0.2) is 0 Å². The topological polar surface area (TPSA) is 0 Å². The predicted octanol–water partition coefficient (Wildman–Crippen LogP) is 3.79. The van der Waals surface area contributed by atoms with Crippen molar-refractivity contribution in [1.82, 2.24) is 0 Å². The largest absolute Gasteiger partial charge is 0.518 e. The van der Waals surface area contributed by atoms with Gasteiger partial charge in [-0.3, -0.25) is 6.08 Å². The zero-order chi connectivity index (χ0) is 6.24. The van der Waals surface area contributed by atoms with Crippen LogP contribution in [0.3, 0.4) is 0 Å². The van der Waals surface area contributed by atoms with Crippen molar-refractivity contribution in [2.75, 3.05) is 0 Å². The number of halogens is 2. The van der Waals surface area contributed by atoms with E-state index in [9.17, 15) is 0 Å². The maximum absolute atomic E-state index is 5.19. The molecule has 0 saturated heterocycles. The molecule has 0 atom stereocenters. The van der Waals surface area contributed by atoms with Gasteiger partial charge in [-0.15, -0.1) is 24.8 Å². The Morgan fingerprint density at radius 2 is 1.64 bits per heavy atom. The van der Waals surface area contributed by atoms with Gasteiger partial charge in [-0.05, 0) is 0 Å². The third kappa shape index (κ3) is 24.5. The van der Waals surface area contributed by atoms with Crippen LogP contribution in [0.1, 0.15) is 39.0 Å². The van der Waals surface area contributed by atoms with E-state index in [-0.39, 0.29) is 66.6 Å². The molecule has 0 N–H and O–H groups in total. The van der Waals surface area contributed by atoms with Crippen LogP contribution in [0, 0.1) is 48.3 Å². The van der Waals surface area contributed by atoms with E-state index in [1.54, 1.807) is 6.08 Å². The molecule has 0 aliphatic heterocycles. The third-order valence-electron chi connectivity index (χ3n) is 1.22. The zero-order valence-corrected chi connectivity index (χ0v) is 11.8. The Morgan fingerprint density at radius 1 is 1.09 bits per heavy atom. The third-order valence-corrected chi connectivity index (χ3v) is 1.22. The summed E-state index contributed by atoms with van der Waals surface area (Å²) in [4.78, 5) is 0. The van der Waals surface area contributed by atoms with Crippen LogP contribution < -0.4 is 0 Å². The minimum absolute atomic E-state index is 0. The molecule has 0 saturated carbocycles. The van der Waals surface area contributed by atoms with Gasteiger partial charge in [-0.25, -0.2) is 0 Å². The summed E-state index contributed by atoms with van der Waals surface area (Å²) >= 11 is 0. The van der Waals surface area contributed by atoms with Crippen molar-refractivity contribution in [1.29, 1.82) is 0 Å². The number of allylic oxidation sites excluding steroid dienone is 1. The molecule has 0 aliphatic rings. The summed E-state index contributed by atoms with van der Waals surface area (Å²) in [6, 6.07) is 0. The quantitative estimate of drug-likeness (QED) is 0.533. The second-order valence-corrected chi connectivity index (χ2v) is 2.09. The fraction of sp³-hybridized carbons (Fsp3) is 0.750. The van der Waals surface area contributed by atoms with E-state index in [0.29, 0.717) is 0 Å². The Morgan fingerprint density at radius 3 is 2.00 bits per heavy atom. The van der Waals surface area contributed by atoms with E-state index in [1.807, 2.05) is 0 Å². The van der Waals surface area contributed by atoms with E-state index in [1.165, 1.54) is 25.7 Å². The molecule has 0 amide bonds. The average molecular weight is 324 g/mol. The molecule has 0 aromatic heterocycles. The van der Waals surface area contributed by atoms with Crippen molar-refractivity contribution in [3.8, 4) is 0 Å². The van der Waals surface area contributed by atoms with Crippen LogP contribution in [-0.2, 0) is 0 Å². The van der Waals surface area contributed by atoms with Gasteiger partial charge < -0.3 is 6.58 Å². The van der Waals surface area contributed by atoms with Crippen LogP contribution in [0.4, 0.5) is 0 Å². The summed E-state index contributed by atoms with van der Waals surface area (Å²) in [6.07, 6.45) is 8.10. The summed E-state index contributed by atoms with van der Waals surface area (Å²) < 4.78 is 0. The Bertz CT molecular complexity index is 58.1. The molecule has 0 heterocycles. The van der Waals surface area contributed by atoms with Gasteiger partial charge in [0, 0.05) is 41.7 Å². The SMILES string of the molecule is Cl.Cl.[CH-]=CCCCCCC.[Ce]. The molecule has 68 valence electrons. The van der Waals surface area contributed by atoms with Gasteiger partial charge in [-0.1, -0.05) is 39.0 Å². The molecule has 0 rings (SSSR count). The summed E-state index contributed by atoms with van der Waals surface area (Å²) in [6.45, 7) is 7.40. The second kappa shape index (κ2) is 22.6. The summed E-state index contributed by atoms with van der Waals surface area (Å²) in [7, 11) is 0. The standard InChI is InChI=1S/C8H15.Ce.2ClH/c1-3-5-7-8-6-4-2;;;/h1,3H,4-8H2,2H3;;2*1H/q-1;;;. The molecule has 11 heavy (non-hydrogen) atoms. The van der Waals surface area contributed by atoms with Crippen molar-refractivity contribution in [3.63, 3.8) is 0 Å². The number of hydrogen-bond acceptors (Lipinski definition) is 0. The van der Waals surface area contributed by atoms with Crippen molar-refractivity contribution < 1.29 is 41.7 Å². The molecule has 0 bridgehead atoms. The van der Waals surface area contributed by atoms with Crippen LogP contribution in [0.15, 0.2) is 6.08 Å². The van der Waals surface area contributed by atoms with Gasteiger partial charge in [0.05, 0.1) is 0 Å². The zero-order valence-electron chi connectivity index (χ0n) is 7.01. The van der Waals surface area contributed by atoms with Gasteiger partial charge in [0.1, 0.15) is 0 Å². The fourth-order valence-electron chi connectivity index (χ4n) is 0.689. The molecule has 0 aliphatic carbocycles. The maximum Gasteiger partial charge on any atom is 0 e. The number of rotatable bonds is 5. The first kappa shape index (κ1) is 23.0. The normalized spacial score (nSPS) is 6.64. The van der Waals surface area contributed by atoms with Gasteiger partial charge >= 0.3 is 0 Å².